The zero-order valence-corrected chi connectivity index (χ0v) is 12.3. The van der Waals surface area contributed by atoms with E-state index in [-0.39, 0.29) is 12.0 Å². The number of carbonyl (C=O) groups excluding carboxylic acids is 1. The van der Waals surface area contributed by atoms with Crippen molar-refractivity contribution in [2.24, 2.45) is 0 Å². The summed E-state index contributed by atoms with van der Waals surface area (Å²) in [6.07, 6.45) is -0.306. The highest BCUT2D eigenvalue weighted by Crippen LogP contribution is 2.26. The van der Waals surface area contributed by atoms with Gasteiger partial charge in [0.1, 0.15) is 0 Å². The fourth-order valence-electron chi connectivity index (χ4n) is 1.92. The lowest BCUT2D eigenvalue weighted by Crippen LogP contribution is -2.15. The van der Waals surface area contributed by atoms with Gasteiger partial charge in [-0.25, -0.2) is 0 Å². The SMILES string of the molecule is O=C(Cc1ccc([N+](=O)[O-])cc1[N+](=O)[O-])Nc1ccccc1Cl. The van der Waals surface area contributed by atoms with Crippen molar-refractivity contribution in [3.63, 3.8) is 0 Å². The number of carbonyl (C=O) groups is 1. The van der Waals surface area contributed by atoms with Gasteiger partial charge >= 0.3 is 0 Å². The normalized spacial score (nSPS) is 10.1. The molecular weight excluding hydrogens is 326 g/mol. The van der Waals surface area contributed by atoms with E-state index in [0.29, 0.717) is 10.7 Å². The average Bonchev–Trinajstić information content (AvgIpc) is 2.49. The Bertz CT molecular complexity index is 794. The van der Waals surface area contributed by atoms with Crippen LogP contribution in [0.4, 0.5) is 17.1 Å². The first kappa shape index (κ1) is 16.4. The molecular formula is C14H10ClN3O5. The van der Waals surface area contributed by atoms with E-state index >= 15 is 0 Å². The van der Waals surface area contributed by atoms with Crippen molar-refractivity contribution >= 4 is 34.6 Å². The van der Waals surface area contributed by atoms with E-state index in [1.807, 2.05) is 0 Å². The summed E-state index contributed by atoms with van der Waals surface area (Å²) >= 11 is 5.91. The summed E-state index contributed by atoms with van der Waals surface area (Å²) in [7, 11) is 0. The van der Waals surface area contributed by atoms with Crippen LogP contribution in [0.15, 0.2) is 42.5 Å². The number of hydrogen-bond acceptors (Lipinski definition) is 5. The summed E-state index contributed by atoms with van der Waals surface area (Å²) in [6, 6.07) is 9.69. The second-order valence-corrected chi connectivity index (χ2v) is 4.94. The molecule has 118 valence electrons. The highest BCUT2D eigenvalue weighted by Gasteiger charge is 2.21. The molecule has 9 heteroatoms. The van der Waals surface area contributed by atoms with Gasteiger partial charge < -0.3 is 5.32 Å². The number of benzene rings is 2. The first-order valence-corrected chi connectivity index (χ1v) is 6.72. The summed E-state index contributed by atoms with van der Waals surface area (Å²) in [6.45, 7) is 0. The molecule has 0 aliphatic carbocycles. The lowest BCUT2D eigenvalue weighted by Gasteiger charge is -2.07. The molecule has 0 fully saturated rings. The lowest BCUT2D eigenvalue weighted by atomic mass is 10.1. The van der Waals surface area contributed by atoms with Crippen molar-refractivity contribution in [1.82, 2.24) is 0 Å². The molecule has 0 aliphatic heterocycles. The molecule has 0 saturated heterocycles. The number of nitro benzene ring substituents is 2. The second kappa shape index (κ2) is 6.84. The van der Waals surface area contributed by atoms with E-state index in [2.05, 4.69) is 5.32 Å². The largest absolute Gasteiger partial charge is 0.324 e. The molecule has 1 amide bonds. The van der Waals surface area contributed by atoms with E-state index < -0.39 is 27.1 Å². The second-order valence-electron chi connectivity index (χ2n) is 4.53. The molecule has 0 radical (unpaired) electrons. The van der Waals surface area contributed by atoms with Gasteiger partial charge in [-0.3, -0.25) is 25.0 Å². The van der Waals surface area contributed by atoms with Crippen LogP contribution in [-0.4, -0.2) is 15.8 Å². The standard InChI is InChI=1S/C14H10ClN3O5/c15-11-3-1-2-4-12(11)16-14(19)7-9-5-6-10(17(20)21)8-13(9)18(22)23/h1-6,8H,7H2,(H,16,19). The van der Waals surface area contributed by atoms with Crippen LogP contribution >= 0.6 is 11.6 Å². The number of nitrogens with one attached hydrogen (secondary N) is 1. The van der Waals surface area contributed by atoms with Gasteiger partial charge in [-0.2, -0.15) is 0 Å². The van der Waals surface area contributed by atoms with E-state index in [1.54, 1.807) is 24.3 Å². The van der Waals surface area contributed by atoms with Gasteiger partial charge in [0.05, 0.1) is 33.0 Å². The van der Waals surface area contributed by atoms with E-state index in [1.165, 1.54) is 6.07 Å². The van der Waals surface area contributed by atoms with Crippen LogP contribution in [0.2, 0.25) is 5.02 Å². The van der Waals surface area contributed by atoms with E-state index in [9.17, 15) is 25.0 Å². The summed E-state index contributed by atoms with van der Waals surface area (Å²) in [5, 5.41) is 24.6. The Morgan fingerprint density at radius 2 is 1.78 bits per heavy atom. The molecule has 8 nitrogen and oxygen atoms in total. The molecule has 0 saturated carbocycles. The minimum Gasteiger partial charge on any atom is -0.324 e. The van der Waals surface area contributed by atoms with Crippen LogP contribution in [0.3, 0.4) is 0 Å². The minimum atomic E-state index is -0.759. The third-order valence-electron chi connectivity index (χ3n) is 2.98. The maximum atomic E-state index is 12.0. The van der Waals surface area contributed by atoms with Crippen molar-refractivity contribution < 1.29 is 14.6 Å². The number of nitro groups is 2. The molecule has 0 aliphatic rings. The Balaban J connectivity index is 2.22. The van der Waals surface area contributed by atoms with Crippen molar-refractivity contribution in [2.45, 2.75) is 6.42 Å². The number of non-ortho nitro benzene ring substituents is 1. The first-order chi connectivity index (χ1) is 10.9. The van der Waals surface area contributed by atoms with Crippen LogP contribution in [0.25, 0.3) is 0 Å². The predicted molar refractivity (Wildman–Crippen MR) is 83.5 cm³/mol. The predicted octanol–water partition coefficient (Wildman–Crippen LogP) is 3.34. The molecule has 0 unspecified atom stereocenters. The van der Waals surface area contributed by atoms with Gasteiger partial charge in [0.25, 0.3) is 11.4 Å². The van der Waals surface area contributed by atoms with Gasteiger partial charge in [0, 0.05) is 11.6 Å². The molecule has 23 heavy (non-hydrogen) atoms. The highest BCUT2D eigenvalue weighted by molar-refractivity contribution is 6.33. The molecule has 0 atom stereocenters. The number of amides is 1. The topological polar surface area (TPSA) is 115 Å². The Hall–Kier alpha value is -3.00. The molecule has 0 bridgehead atoms. The molecule has 0 heterocycles. The third-order valence-corrected chi connectivity index (χ3v) is 3.30. The Kier molecular flexibility index (Phi) is 4.87. The highest BCUT2D eigenvalue weighted by atomic mass is 35.5. The van der Waals surface area contributed by atoms with E-state index in [4.69, 9.17) is 11.6 Å². The smallest absolute Gasteiger partial charge is 0.279 e. The molecule has 0 spiro atoms. The van der Waals surface area contributed by atoms with Crippen molar-refractivity contribution in [1.29, 1.82) is 0 Å². The lowest BCUT2D eigenvalue weighted by molar-refractivity contribution is -0.394. The number of rotatable bonds is 5. The maximum absolute atomic E-state index is 12.0. The summed E-state index contributed by atoms with van der Waals surface area (Å²) in [5.74, 6) is -0.518. The number of para-hydroxylation sites is 1. The number of anilines is 1. The van der Waals surface area contributed by atoms with Gasteiger partial charge in [0.15, 0.2) is 0 Å². The first-order valence-electron chi connectivity index (χ1n) is 6.34. The van der Waals surface area contributed by atoms with Crippen LogP contribution in [0.5, 0.6) is 0 Å². The van der Waals surface area contributed by atoms with Gasteiger partial charge in [-0.05, 0) is 18.2 Å². The van der Waals surface area contributed by atoms with Crippen molar-refractivity contribution in [3.8, 4) is 0 Å². The number of halogens is 1. The summed E-state index contributed by atoms with van der Waals surface area (Å²) < 4.78 is 0. The minimum absolute atomic E-state index is 0.0742. The molecule has 1 N–H and O–H groups in total. The average molecular weight is 336 g/mol. The summed E-state index contributed by atoms with van der Waals surface area (Å²) in [4.78, 5) is 32.2. The Morgan fingerprint density at radius 3 is 2.39 bits per heavy atom. The van der Waals surface area contributed by atoms with Crippen LogP contribution in [0.1, 0.15) is 5.56 Å². The van der Waals surface area contributed by atoms with Crippen LogP contribution in [-0.2, 0) is 11.2 Å². The maximum Gasteiger partial charge on any atom is 0.279 e. The monoisotopic (exact) mass is 335 g/mol. The molecule has 0 aromatic heterocycles. The quantitative estimate of drug-likeness (QED) is 0.664. The third kappa shape index (κ3) is 4.01. The van der Waals surface area contributed by atoms with Crippen molar-refractivity contribution in [2.75, 3.05) is 5.32 Å². The number of nitrogens with zero attached hydrogens (tertiary/aromatic N) is 2. The Morgan fingerprint density at radius 1 is 1.09 bits per heavy atom. The fraction of sp³-hybridized carbons (Fsp3) is 0.0714. The Labute approximate surface area is 135 Å². The van der Waals surface area contributed by atoms with Crippen molar-refractivity contribution in [3.05, 3.63) is 73.3 Å². The van der Waals surface area contributed by atoms with Gasteiger partial charge in [-0.15, -0.1) is 0 Å². The molecule has 2 rings (SSSR count). The molecule has 2 aromatic rings. The zero-order valence-electron chi connectivity index (χ0n) is 11.6. The van der Waals surface area contributed by atoms with E-state index in [0.717, 1.165) is 12.1 Å². The fourth-order valence-corrected chi connectivity index (χ4v) is 2.10. The zero-order chi connectivity index (χ0) is 17.0. The van der Waals surface area contributed by atoms with Gasteiger partial charge in [-0.1, -0.05) is 23.7 Å². The number of hydrogen-bond donors (Lipinski definition) is 1. The molecule has 2 aromatic carbocycles. The summed E-state index contributed by atoms with van der Waals surface area (Å²) in [5.41, 5.74) is -0.436. The van der Waals surface area contributed by atoms with Gasteiger partial charge in [0.2, 0.25) is 5.91 Å². The van der Waals surface area contributed by atoms with Crippen LogP contribution < -0.4 is 5.32 Å². The van der Waals surface area contributed by atoms with Crippen LogP contribution in [0, 0.1) is 20.2 Å².